The molecule has 9 nitrogen and oxygen atoms in total. The Hall–Kier alpha value is -1.78. The molecule has 130 valence electrons. The van der Waals surface area contributed by atoms with Gasteiger partial charge in [-0.25, -0.2) is 8.42 Å². The molecule has 0 amide bonds. The highest BCUT2D eigenvalue weighted by atomic mass is 32.2. The van der Waals surface area contributed by atoms with Crippen LogP contribution in [-0.2, 0) is 17.1 Å². The third-order valence-corrected chi connectivity index (χ3v) is 6.62. The van der Waals surface area contributed by atoms with Crippen LogP contribution < -0.4 is 0 Å². The molecule has 3 heterocycles. The summed E-state index contributed by atoms with van der Waals surface area (Å²) in [6.07, 6.45) is 3.68. The van der Waals surface area contributed by atoms with Crippen molar-refractivity contribution in [3.8, 4) is 0 Å². The number of rotatable bonds is 4. The maximum Gasteiger partial charge on any atom is 0.260 e. The van der Waals surface area contributed by atoms with Crippen LogP contribution in [0.25, 0.3) is 0 Å². The minimum Gasteiger partial charge on any atom is -0.338 e. The molecule has 1 saturated heterocycles. The second kappa shape index (κ2) is 5.64. The first-order valence-corrected chi connectivity index (χ1v) is 9.42. The molecule has 0 bridgehead atoms. The van der Waals surface area contributed by atoms with Gasteiger partial charge >= 0.3 is 0 Å². The van der Waals surface area contributed by atoms with Crippen molar-refractivity contribution in [2.45, 2.75) is 29.8 Å². The first-order valence-electron chi connectivity index (χ1n) is 7.98. The van der Waals surface area contributed by atoms with Crippen LogP contribution in [-0.4, -0.2) is 64.2 Å². The summed E-state index contributed by atoms with van der Waals surface area (Å²) in [6.45, 7) is 1.31. The normalized spacial score (nSPS) is 23.7. The summed E-state index contributed by atoms with van der Waals surface area (Å²) in [4.78, 5) is 6.54. The van der Waals surface area contributed by atoms with E-state index in [9.17, 15) is 8.42 Å². The SMILES string of the molecule is CN1CCN(S(=O)(=O)c2ccnn2C)C[C@H]1c1nc(C2CC2)no1. The molecule has 2 fully saturated rings. The Bertz CT molecular complexity index is 840. The highest BCUT2D eigenvalue weighted by molar-refractivity contribution is 7.89. The summed E-state index contributed by atoms with van der Waals surface area (Å²) in [5.74, 6) is 1.64. The Morgan fingerprint density at radius 2 is 2.04 bits per heavy atom. The van der Waals surface area contributed by atoms with Crippen LogP contribution in [0.4, 0.5) is 0 Å². The predicted octanol–water partition coefficient (Wildman–Crippen LogP) is 0.358. The average Bonchev–Trinajstić information content (AvgIpc) is 3.11. The molecule has 2 aromatic heterocycles. The van der Waals surface area contributed by atoms with Gasteiger partial charge in [-0.3, -0.25) is 9.58 Å². The lowest BCUT2D eigenvalue weighted by Crippen LogP contribution is -2.49. The van der Waals surface area contributed by atoms with Gasteiger partial charge in [-0.15, -0.1) is 0 Å². The smallest absolute Gasteiger partial charge is 0.260 e. The molecule has 1 saturated carbocycles. The van der Waals surface area contributed by atoms with Crippen LogP contribution in [0.2, 0.25) is 0 Å². The van der Waals surface area contributed by atoms with Crippen molar-refractivity contribution in [3.63, 3.8) is 0 Å². The number of likely N-dealkylation sites (N-methyl/N-ethyl adjacent to an activating group) is 1. The molecule has 0 N–H and O–H groups in total. The van der Waals surface area contributed by atoms with E-state index in [1.54, 1.807) is 7.05 Å². The zero-order valence-electron chi connectivity index (χ0n) is 13.7. The minimum absolute atomic E-state index is 0.190. The van der Waals surface area contributed by atoms with Gasteiger partial charge in [-0.05, 0) is 26.0 Å². The zero-order valence-corrected chi connectivity index (χ0v) is 14.5. The maximum atomic E-state index is 12.9. The lowest BCUT2D eigenvalue weighted by atomic mass is 10.2. The molecule has 0 unspecified atom stereocenters. The number of piperazine rings is 1. The van der Waals surface area contributed by atoms with Gasteiger partial charge in [0.25, 0.3) is 10.0 Å². The lowest BCUT2D eigenvalue weighted by molar-refractivity contribution is 0.120. The van der Waals surface area contributed by atoms with E-state index in [1.165, 1.54) is 21.3 Å². The zero-order chi connectivity index (χ0) is 16.9. The molecule has 1 aliphatic carbocycles. The van der Waals surface area contributed by atoms with Crippen molar-refractivity contribution >= 4 is 10.0 Å². The standard InChI is InChI=1S/C14H20N6O3S/c1-18-7-8-20(24(21,22)12-5-6-15-19(12)2)9-11(18)14-16-13(17-23-14)10-3-4-10/h5-6,10-11H,3-4,7-9H2,1-2H3/t11-/m0/s1. The first-order chi connectivity index (χ1) is 11.5. The number of hydrogen-bond acceptors (Lipinski definition) is 7. The fraction of sp³-hybridized carbons (Fsp3) is 0.643. The second-order valence-corrected chi connectivity index (χ2v) is 8.30. The molecule has 2 aliphatic rings. The number of sulfonamides is 1. The van der Waals surface area contributed by atoms with Gasteiger partial charge in [0.2, 0.25) is 5.89 Å². The molecule has 1 atom stereocenters. The van der Waals surface area contributed by atoms with E-state index in [2.05, 4.69) is 20.1 Å². The Kier molecular flexibility index (Phi) is 3.70. The predicted molar refractivity (Wildman–Crippen MR) is 83.6 cm³/mol. The van der Waals surface area contributed by atoms with E-state index in [0.717, 1.165) is 18.7 Å². The van der Waals surface area contributed by atoms with E-state index in [0.29, 0.717) is 24.9 Å². The van der Waals surface area contributed by atoms with E-state index < -0.39 is 10.0 Å². The molecule has 0 aromatic carbocycles. The fourth-order valence-corrected chi connectivity index (χ4v) is 4.51. The number of aryl methyl sites for hydroxylation is 1. The molecule has 1 aliphatic heterocycles. The lowest BCUT2D eigenvalue weighted by Gasteiger charge is -2.36. The van der Waals surface area contributed by atoms with E-state index in [-0.39, 0.29) is 17.6 Å². The van der Waals surface area contributed by atoms with Crippen molar-refractivity contribution in [1.29, 1.82) is 0 Å². The van der Waals surface area contributed by atoms with Crippen molar-refractivity contribution in [3.05, 3.63) is 24.0 Å². The van der Waals surface area contributed by atoms with Gasteiger partial charge < -0.3 is 4.52 Å². The summed E-state index contributed by atoms with van der Waals surface area (Å²) in [5.41, 5.74) is 0. The summed E-state index contributed by atoms with van der Waals surface area (Å²) in [6, 6.07) is 1.28. The van der Waals surface area contributed by atoms with Crippen LogP contribution in [0.1, 0.15) is 36.5 Å². The van der Waals surface area contributed by atoms with Gasteiger partial charge in [0.1, 0.15) is 6.04 Å². The Labute approximate surface area is 140 Å². The Morgan fingerprint density at radius 3 is 2.71 bits per heavy atom. The molecular weight excluding hydrogens is 332 g/mol. The summed E-state index contributed by atoms with van der Waals surface area (Å²) < 4.78 is 34.0. The monoisotopic (exact) mass is 352 g/mol. The van der Waals surface area contributed by atoms with Crippen LogP contribution in [0, 0.1) is 0 Å². The van der Waals surface area contributed by atoms with Gasteiger partial charge in [-0.1, -0.05) is 5.16 Å². The number of nitrogens with zero attached hydrogens (tertiary/aromatic N) is 6. The van der Waals surface area contributed by atoms with Crippen LogP contribution in [0.15, 0.2) is 21.8 Å². The summed E-state index contributed by atoms with van der Waals surface area (Å²) in [5, 5.41) is 8.19. The summed E-state index contributed by atoms with van der Waals surface area (Å²) >= 11 is 0. The van der Waals surface area contributed by atoms with Crippen molar-refractivity contribution < 1.29 is 12.9 Å². The number of aromatic nitrogens is 4. The van der Waals surface area contributed by atoms with Crippen molar-refractivity contribution in [1.82, 2.24) is 29.1 Å². The van der Waals surface area contributed by atoms with Gasteiger partial charge in [-0.2, -0.15) is 14.4 Å². The van der Waals surface area contributed by atoms with Gasteiger partial charge in [0.05, 0.1) is 6.20 Å². The fourth-order valence-electron chi connectivity index (χ4n) is 2.97. The topological polar surface area (TPSA) is 97.4 Å². The molecule has 0 spiro atoms. The largest absolute Gasteiger partial charge is 0.338 e. The molecule has 2 aromatic rings. The van der Waals surface area contributed by atoms with E-state index in [4.69, 9.17) is 4.52 Å². The Balaban J connectivity index is 1.59. The quantitative estimate of drug-likeness (QED) is 0.783. The van der Waals surface area contributed by atoms with Crippen molar-refractivity contribution in [2.24, 2.45) is 7.05 Å². The Morgan fingerprint density at radius 1 is 1.25 bits per heavy atom. The third kappa shape index (κ3) is 2.64. The van der Waals surface area contributed by atoms with Gasteiger partial charge in [0, 0.05) is 32.6 Å². The maximum absolute atomic E-state index is 12.9. The second-order valence-electron chi connectivity index (χ2n) is 6.42. The molecule has 0 radical (unpaired) electrons. The minimum atomic E-state index is -3.59. The third-order valence-electron chi connectivity index (χ3n) is 4.68. The molecule has 10 heteroatoms. The average molecular weight is 352 g/mol. The highest BCUT2D eigenvalue weighted by Gasteiger charge is 2.38. The number of hydrogen-bond donors (Lipinski definition) is 0. The molecule has 24 heavy (non-hydrogen) atoms. The molecular formula is C14H20N6O3S. The van der Waals surface area contributed by atoms with E-state index >= 15 is 0 Å². The molecule has 4 rings (SSSR count). The summed E-state index contributed by atoms with van der Waals surface area (Å²) in [7, 11) is -0.0241. The van der Waals surface area contributed by atoms with Gasteiger partial charge in [0.15, 0.2) is 10.9 Å². The van der Waals surface area contributed by atoms with Crippen LogP contribution in [0.3, 0.4) is 0 Å². The van der Waals surface area contributed by atoms with Crippen molar-refractivity contribution in [2.75, 3.05) is 26.7 Å². The highest BCUT2D eigenvalue weighted by Crippen LogP contribution is 2.39. The van der Waals surface area contributed by atoms with Crippen LogP contribution >= 0.6 is 0 Å². The van der Waals surface area contributed by atoms with E-state index in [1.807, 2.05) is 7.05 Å². The van der Waals surface area contributed by atoms with Crippen LogP contribution in [0.5, 0.6) is 0 Å². The first kappa shape index (κ1) is 15.7.